The summed E-state index contributed by atoms with van der Waals surface area (Å²) in [6, 6.07) is 21.5. The monoisotopic (exact) mass is 470 g/mol. The van der Waals surface area contributed by atoms with Crippen molar-refractivity contribution in [1.82, 2.24) is 0 Å². The highest BCUT2D eigenvalue weighted by atomic mass is 16.5. The van der Waals surface area contributed by atoms with Gasteiger partial charge in [-0.3, -0.25) is 4.79 Å². The van der Waals surface area contributed by atoms with Crippen LogP contribution in [-0.2, 0) is 4.79 Å². The first-order chi connectivity index (χ1) is 17.1. The standard InChI is InChI=1S/C30H30O5/c1-32-26-10-12-28(34-3)22(18-26)16-24-14-21(20-8-6-5-7-9-20)15-25(30(24)31)17-23-19-27(33-2)11-13-29(23)35-4/h5-13,16-19,21H,14-15H2,1-4H3. The van der Waals surface area contributed by atoms with E-state index >= 15 is 0 Å². The minimum absolute atomic E-state index is 0.0203. The summed E-state index contributed by atoms with van der Waals surface area (Å²) in [6.07, 6.45) is 5.12. The van der Waals surface area contributed by atoms with Crippen molar-refractivity contribution in [1.29, 1.82) is 0 Å². The molecule has 0 amide bonds. The molecular weight excluding hydrogens is 440 g/mol. The zero-order chi connectivity index (χ0) is 24.8. The molecule has 3 aromatic carbocycles. The average Bonchev–Trinajstić information content (AvgIpc) is 2.91. The topological polar surface area (TPSA) is 54.0 Å². The molecular formula is C30H30O5. The van der Waals surface area contributed by atoms with Gasteiger partial charge < -0.3 is 18.9 Å². The van der Waals surface area contributed by atoms with E-state index in [-0.39, 0.29) is 11.7 Å². The number of methoxy groups -OCH3 is 4. The Hall–Kier alpha value is -3.99. The summed E-state index contributed by atoms with van der Waals surface area (Å²) in [7, 11) is 6.50. The largest absolute Gasteiger partial charge is 0.497 e. The lowest BCUT2D eigenvalue weighted by atomic mass is 9.76. The van der Waals surface area contributed by atoms with E-state index in [1.54, 1.807) is 28.4 Å². The van der Waals surface area contributed by atoms with E-state index in [9.17, 15) is 4.79 Å². The van der Waals surface area contributed by atoms with Crippen LogP contribution in [0.4, 0.5) is 0 Å². The molecule has 1 aliphatic rings. The second-order valence-corrected chi connectivity index (χ2v) is 8.40. The molecule has 1 saturated carbocycles. The number of allylic oxidation sites excluding steroid dienone is 2. The van der Waals surface area contributed by atoms with Gasteiger partial charge in [0.25, 0.3) is 0 Å². The number of rotatable bonds is 7. The second kappa shape index (κ2) is 11.0. The summed E-state index contributed by atoms with van der Waals surface area (Å²) in [5.41, 5.74) is 4.27. The van der Waals surface area contributed by atoms with Gasteiger partial charge in [0.2, 0.25) is 0 Å². The zero-order valence-electron chi connectivity index (χ0n) is 20.5. The zero-order valence-corrected chi connectivity index (χ0v) is 20.5. The Balaban J connectivity index is 1.82. The van der Waals surface area contributed by atoms with Crippen LogP contribution in [0.15, 0.2) is 77.9 Å². The van der Waals surface area contributed by atoms with Gasteiger partial charge in [-0.2, -0.15) is 0 Å². The Kier molecular flexibility index (Phi) is 7.56. The van der Waals surface area contributed by atoms with Crippen LogP contribution in [0, 0.1) is 0 Å². The Bertz CT molecular complexity index is 1180. The van der Waals surface area contributed by atoms with Crippen molar-refractivity contribution in [3.8, 4) is 23.0 Å². The maximum atomic E-state index is 13.7. The smallest absolute Gasteiger partial charge is 0.185 e. The molecule has 0 saturated heterocycles. The third kappa shape index (κ3) is 5.40. The fourth-order valence-electron chi connectivity index (χ4n) is 4.48. The van der Waals surface area contributed by atoms with Crippen LogP contribution in [0.25, 0.3) is 12.2 Å². The van der Waals surface area contributed by atoms with Gasteiger partial charge in [-0.05, 0) is 72.9 Å². The molecule has 35 heavy (non-hydrogen) atoms. The van der Waals surface area contributed by atoms with E-state index in [1.807, 2.05) is 66.7 Å². The third-order valence-corrected chi connectivity index (χ3v) is 6.32. The van der Waals surface area contributed by atoms with Crippen molar-refractivity contribution in [3.05, 3.63) is 94.6 Å². The Morgan fingerprint density at radius 2 is 1.14 bits per heavy atom. The van der Waals surface area contributed by atoms with E-state index in [4.69, 9.17) is 18.9 Å². The molecule has 0 unspecified atom stereocenters. The number of Topliss-reactive ketones (excluding diaryl/α,β-unsaturated/α-hetero) is 1. The van der Waals surface area contributed by atoms with Gasteiger partial charge in [-0.25, -0.2) is 0 Å². The van der Waals surface area contributed by atoms with Gasteiger partial charge in [-0.1, -0.05) is 30.3 Å². The first-order valence-electron chi connectivity index (χ1n) is 11.5. The minimum Gasteiger partial charge on any atom is -0.497 e. The molecule has 0 spiro atoms. The maximum absolute atomic E-state index is 13.7. The second-order valence-electron chi connectivity index (χ2n) is 8.40. The van der Waals surface area contributed by atoms with Crippen molar-refractivity contribution >= 4 is 17.9 Å². The fourth-order valence-corrected chi connectivity index (χ4v) is 4.48. The number of carbonyl (C=O) groups is 1. The van der Waals surface area contributed by atoms with Crippen LogP contribution in [-0.4, -0.2) is 34.2 Å². The van der Waals surface area contributed by atoms with Gasteiger partial charge in [-0.15, -0.1) is 0 Å². The SMILES string of the molecule is COc1ccc(OC)c(C=C2CC(c3ccccc3)CC(=Cc3cc(OC)ccc3OC)C2=O)c1. The molecule has 5 nitrogen and oxygen atoms in total. The number of benzene rings is 3. The van der Waals surface area contributed by atoms with E-state index in [1.165, 1.54) is 5.56 Å². The normalized spacial score (nSPS) is 17.9. The van der Waals surface area contributed by atoms with Gasteiger partial charge in [0.1, 0.15) is 23.0 Å². The molecule has 0 atom stereocenters. The highest BCUT2D eigenvalue weighted by Crippen LogP contribution is 2.40. The number of hydrogen-bond acceptors (Lipinski definition) is 5. The molecule has 0 N–H and O–H groups in total. The average molecular weight is 471 g/mol. The number of ketones is 1. The molecule has 180 valence electrons. The highest BCUT2D eigenvalue weighted by Gasteiger charge is 2.29. The fraction of sp³-hybridized carbons (Fsp3) is 0.233. The molecule has 0 radical (unpaired) electrons. The highest BCUT2D eigenvalue weighted by molar-refractivity contribution is 6.14. The summed E-state index contributed by atoms with van der Waals surface area (Å²) >= 11 is 0. The van der Waals surface area contributed by atoms with Crippen LogP contribution in [0.3, 0.4) is 0 Å². The molecule has 1 fully saturated rings. The van der Waals surface area contributed by atoms with E-state index in [0.717, 1.165) is 22.3 Å². The van der Waals surface area contributed by atoms with Crippen molar-refractivity contribution < 1.29 is 23.7 Å². The quantitative estimate of drug-likeness (QED) is 0.378. The lowest BCUT2D eigenvalue weighted by Crippen LogP contribution is -2.19. The van der Waals surface area contributed by atoms with E-state index in [0.29, 0.717) is 35.8 Å². The minimum atomic E-state index is 0.0203. The summed E-state index contributed by atoms with van der Waals surface area (Å²) in [4.78, 5) is 13.7. The Labute approximate surface area is 206 Å². The van der Waals surface area contributed by atoms with Gasteiger partial charge in [0.15, 0.2) is 5.78 Å². The molecule has 0 aromatic heterocycles. The molecule has 5 heteroatoms. The lowest BCUT2D eigenvalue weighted by Gasteiger charge is -2.26. The van der Waals surface area contributed by atoms with Crippen LogP contribution < -0.4 is 18.9 Å². The van der Waals surface area contributed by atoms with E-state index in [2.05, 4.69) is 12.1 Å². The van der Waals surface area contributed by atoms with Crippen molar-refractivity contribution in [2.45, 2.75) is 18.8 Å². The maximum Gasteiger partial charge on any atom is 0.185 e. The Morgan fingerprint density at radius 1 is 0.657 bits per heavy atom. The van der Waals surface area contributed by atoms with Crippen LogP contribution in [0.5, 0.6) is 23.0 Å². The van der Waals surface area contributed by atoms with Crippen molar-refractivity contribution in [2.24, 2.45) is 0 Å². The number of carbonyl (C=O) groups excluding carboxylic acids is 1. The van der Waals surface area contributed by atoms with Gasteiger partial charge in [0, 0.05) is 22.3 Å². The van der Waals surface area contributed by atoms with Gasteiger partial charge >= 0.3 is 0 Å². The molecule has 1 aliphatic carbocycles. The first-order valence-corrected chi connectivity index (χ1v) is 11.5. The summed E-state index contributed by atoms with van der Waals surface area (Å²) in [6.45, 7) is 0. The first kappa shape index (κ1) is 24.1. The van der Waals surface area contributed by atoms with Crippen molar-refractivity contribution in [3.63, 3.8) is 0 Å². The molecule has 3 aromatic rings. The van der Waals surface area contributed by atoms with Crippen LogP contribution in [0.2, 0.25) is 0 Å². The summed E-state index contributed by atoms with van der Waals surface area (Å²) in [5, 5.41) is 0. The number of ether oxygens (including phenoxy) is 4. The molecule has 0 bridgehead atoms. The van der Waals surface area contributed by atoms with Gasteiger partial charge in [0.05, 0.1) is 28.4 Å². The summed E-state index contributed by atoms with van der Waals surface area (Å²) in [5.74, 6) is 2.97. The lowest BCUT2D eigenvalue weighted by molar-refractivity contribution is -0.113. The Morgan fingerprint density at radius 3 is 1.57 bits per heavy atom. The van der Waals surface area contributed by atoms with Crippen molar-refractivity contribution in [2.75, 3.05) is 28.4 Å². The summed E-state index contributed by atoms with van der Waals surface area (Å²) < 4.78 is 21.9. The third-order valence-electron chi connectivity index (χ3n) is 6.32. The van der Waals surface area contributed by atoms with Crippen LogP contribution >= 0.6 is 0 Å². The van der Waals surface area contributed by atoms with Crippen LogP contribution in [0.1, 0.15) is 35.4 Å². The number of hydrogen-bond donors (Lipinski definition) is 0. The molecule has 0 aliphatic heterocycles. The predicted octanol–water partition coefficient (Wildman–Crippen LogP) is 6.33. The van der Waals surface area contributed by atoms with E-state index < -0.39 is 0 Å². The molecule has 4 rings (SSSR count). The molecule has 0 heterocycles. The predicted molar refractivity (Wildman–Crippen MR) is 138 cm³/mol.